The van der Waals surface area contributed by atoms with Crippen molar-refractivity contribution in [2.45, 2.75) is 51.7 Å². The van der Waals surface area contributed by atoms with Crippen LogP contribution in [0.3, 0.4) is 0 Å². The third-order valence-electron chi connectivity index (χ3n) is 3.64. The van der Waals surface area contributed by atoms with Crippen LogP contribution in [0, 0.1) is 0 Å². The summed E-state index contributed by atoms with van der Waals surface area (Å²) in [6.07, 6.45) is 5.18. The lowest BCUT2D eigenvalue weighted by Gasteiger charge is -2.25. The average molecular weight is 348 g/mol. The Morgan fingerprint density at radius 2 is 2.08 bits per heavy atom. The summed E-state index contributed by atoms with van der Waals surface area (Å²) in [6.45, 7) is 5.47. The van der Waals surface area contributed by atoms with Gasteiger partial charge in [-0.1, -0.05) is 6.08 Å². The van der Waals surface area contributed by atoms with E-state index in [0.29, 0.717) is 18.5 Å². The Kier molecular flexibility index (Phi) is 5.61. The van der Waals surface area contributed by atoms with Crippen molar-refractivity contribution >= 4 is 23.5 Å². The lowest BCUT2D eigenvalue weighted by Crippen LogP contribution is -2.39. The molecule has 1 atom stereocenters. The number of nitrogen functional groups attached to an aromatic ring is 1. The molecule has 0 spiro atoms. The van der Waals surface area contributed by atoms with E-state index in [2.05, 4.69) is 20.0 Å². The third kappa shape index (κ3) is 5.17. The molecule has 0 aromatic carbocycles. The van der Waals surface area contributed by atoms with Gasteiger partial charge in [-0.05, 0) is 45.6 Å². The monoisotopic (exact) mass is 348 g/mol. The van der Waals surface area contributed by atoms with E-state index in [1.165, 1.54) is 13.3 Å². The van der Waals surface area contributed by atoms with Gasteiger partial charge in [0.25, 0.3) is 0 Å². The van der Waals surface area contributed by atoms with Crippen molar-refractivity contribution < 1.29 is 19.1 Å². The summed E-state index contributed by atoms with van der Waals surface area (Å²) in [5.41, 5.74) is 6.70. The van der Waals surface area contributed by atoms with Gasteiger partial charge in [-0.2, -0.15) is 0 Å². The van der Waals surface area contributed by atoms with Crippen LogP contribution in [0.1, 0.15) is 56.2 Å². The maximum absolute atomic E-state index is 11.8. The molecule has 0 aliphatic heterocycles. The van der Waals surface area contributed by atoms with Gasteiger partial charge in [0, 0.05) is 6.04 Å². The van der Waals surface area contributed by atoms with Crippen molar-refractivity contribution in [3.8, 4) is 0 Å². The summed E-state index contributed by atoms with van der Waals surface area (Å²) in [7, 11) is 1.27. The van der Waals surface area contributed by atoms with Crippen molar-refractivity contribution in [2.24, 2.45) is 0 Å². The Labute approximate surface area is 146 Å². The molecule has 1 amide bonds. The quantitative estimate of drug-likeness (QED) is 0.805. The molecule has 8 nitrogen and oxygen atoms in total. The summed E-state index contributed by atoms with van der Waals surface area (Å²) in [5, 5.41) is 2.86. The molecule has 1 aromatic rings. The summed E-state index contributed by atoms with van der Waals surface area (Å²) >= 11 is 0. The van der Waals surface area contributed by atoms with Crippen molar-refractivity contribution in [1.29, 1.82) is 0 Å². The standard InChI is InChI=1S/C17H24N4O4/c1-17(2,3)25-16(23)20-11-7-5-10(6-8-11)12-9-19-14(18)13(21-12)15(22)24-4/h5,9,11H,6-8H2,1-4H3,(H2,18,19)(H,20,23). The van der Waals surface area contributed by atoms with E-state index in [9.17, 15) is 9.59 Å². The second-order valence-corrected chi connectivity index (χ2v) is 6.83. The number of carbonyl (C=O) groups excluding carboxylic acids is 2. The fraction of sp³-hybridized carbons (Fsp3) is 0.529. The zero-order valence-electron chi connectivity index (χ0n) is 15.0. The molecule has 2 rings (SSSR count). The van der Waals surface area contributed by atoms with Gasteiger partial charge in [-0.15, -0.1) is 0 Å². The zero-order valence-corrected chi connectivity index (χ0v) is 15.0. The number of anilines is 1. The highest BCUT2D eigenvalue weighted by Crippen LogP contribution is 2.26. The number of aromatic nitrogens is 2. The number of nitrogens with two attached hydrogens (primary N) is 1. The van der Waals surface area contributed by atoms with Crippen molar-refractivity contribution in [3.05, 3.63) is 23.7 Å². The predicted molar refractivity (Wildman–Crippen MR) is 92.8 cm³/mol. The molecule has 3 N–H and O–H groups in total. The first-order valence-electron chi connectivity index (χ1n) is 8.09. The maximum Gasteiger partial charge on any atom is 0.407 e. The summed E-state index contributed by atoms with van der Waals surface area (Å²) in [4.78, 5) is 31.8. The summed E-state index contributed by atoms with van der Waals surface area (Å²) < 4.78 is 9.92. The minimum absolute atomic E-state index is 0.000387. The molecule has 1 aliphatic carbocycles. The Bertz CT molecular complexity index is 694. The topological polar surface area (TPSA) is 116 Å². The van der Waals surface area contributed by atoms with Gasteiger partial charge in [0.1, 0.15) is 5.60 Å². The zero-order chi connectivity index (χ0) is 18.6. The van der Waals surface area contributed by atoms with Crippen molar-refractivity contribution in [1.82, 2.24) is 15.3 Å². The number of methoxy groups -OCH3 is 1. The van der Waals surface area contributed by atoms with Crippen LogP contribution >= 0.6 is 0 Å². The van der Waals surface area contributed by atoms with Crippen LogP contribution in [0.5, 0.6) is 0 Å². The van der Waals surface area contributed by atoms with Crippen molar-refractivity contribution in [2.75, 3.05) is 12.8 Å². The largest absolute Gasteiger partial charge is 0.464 e. The van der Waals surface area contributed by atoms with E-state index in [0.717, 1.165) is 12.0 Å². The van der Waals surface area contributed by atoms with Gasteiger partial charge in [-0.25, -0.2) is 19.6 Å². The van der Waals surface area contributed by atoms with E-state index in [-0.39, 0.29) is 17.6 Å². The van der Waals surface area contributed by atoms with Gasteiger partial charge in [-0.3, -0.25) is 0 Å². The van der Waals surface area contributed by atoms with Crippen LogP contribution in [0.25, 0.3) is 5.57 Å². The van der Waals surface area contributed by atoms with Crippen LogP contribution in [0.4, 0.5) is 10.6 Å². The Morgan fingerprint density at radius 3 is 2.64 bits per heavy atom. The molecule has 1 aliphatic rings. The number of nitrogens with zero attached hydrogens (tertiary/aromatic N) is 2. The first-order valence-corrected chi connectivity index (χ1v) is 8.09. The number of allylic oxidation sites excluding steroid dienone is 1. The molecule has 1 unspecified atom stereocenters. The minimum Gasteiger partial charge on any atom is -0.464 e. The highest BCUT2D eigenvalue weighted by molar-refractivity contribution is 5.92. The maximum atomic E-state index is 11.8. The molecular weight excluding hydrogens is 324 g/mol. The molecule has 136 valence electrons. The molecule has 8 heteroatoms. The third-order valence-corrected chi connectivity index (χ3v) is 3.64. The lowest BCUT2D eigenvalue weighted by atomic mass is 9.93. The van der Waals surface area contributed by atoms with Crippen LogP contribution < -0.4 is 11.1 Å². The fourth-order valence-electron chi connectivity index (χ4n) is 2.47. The number of hydrogen-bond donors (Lipinski definition) is 2. The van der Waals surface area contributed by atoms with E-state index in [4.69, 9.17) is 10.5 Å². The number of amides is 1. The van der Waals surface area contributed by atoms with Crippen LogP contribution in [-0.4, -0.2) is 40.8 Å². The number of nitrogens with one attached hydrogen (secondary N) is 1. The van der Waals surface area contributed by atoms with Crippen molar-refractivity contribution in [3.63, 3.8) is 0 Å². The number of carbonyl (C=O) groups is 2. The Hall–Kier alpha value is -2.64. The number of rotatable bonds is 3. The molecule has 0 bridgehead atoms. The number of esters is 1. The lowest BCUT2D eigenvalue weighted by molar-refractivity contribution is 0.0500. The van der Waals surface area contributed by atoms with Gasteiger partial charge in [0.2, 0.25) is 0 Å². The van der Waals surface area contributed by atoms with Crippen LogP contribution in [-0.2, 0) is 9.47 Å². The average Bonchev–Trinajstić information content (AvgIpc) is 2.53. The molecule has 25 heavy (non-hydrogen) atoms. The van der Waals surface area contributed by atoms with Gasteiger partial charge in [0.05, 0.1) is 19.0 Å². The fourth-order valence-corrected chi connectivity index (χ4v) is 2.47. The van der Waals surface area contributed by atoms with E-state index in [1.54, 1.807) is 0 Å². The first-order chi connectivity index (χ1) is 11.7. The molecule has 1 aromatic heterocycles. The van der Waals surface area contributed by atoms with Gasteiger partial charge in [0.15, 0.2) is 11.5 Å². The van der Waals surface area contributed by atoms with Crippen LogP contribution in [0.2, 0.25) is 0 Å². The minimum atomic E-state index is -0.618. The second kappa shape index (κ2) is 7.50. The summed E-state index contributed by atoms with van der Waals surface area (Å²) in [6, 6.07) is 0.000387. The Balaban J connectivity index is 2.04. The second-order valence-electron chi connectivity index (χ2n) is 6.83. The van der Waals surface area contributed by atoms with Gasteiger partial charge >= 0.3 is 12.1 Å². The first kappa shape index (κ1) is 18.7. The van der Waals surface area contributed by atoms with E-state index >= 15 is 0 Å². The smallest absolute Gasteiger partial charge is 0.407 e. The van der Waals surface area contributed by atoms with E-state index in [1.807, 2.05) is 26.8 Å². The SMILES string of the molecule is COC(=O)c1nc(C2=CCC(NC(=O)OC(C)(C)C)CC2)cnc1N. The summed E-state index contributed by atoms with van der Waals surface area (Å²) in [5.74, 6) is -0.579. The predicted octanol–water partition coefficient (Wildman–Crippen LogP) is 2.31. The molecular formula is C17H24N4O4. The molecule has 0 saturated heterocycles. The van der Waals surface area contributed by atoms with E-state index < -0.39 is 17.7 Å². The number of ether oxygens (including phenoxy) is 2. The molecule has 0 saturated carbocycles. The highest BCUT2D eigenvalue weighted by atomic mass is 16.6. The molecule has 1 heterocycles. The Morgan fingerprint density at radius 1 is 1.36 bits per heavy atom. The molecule has 0 radical (unpaired) electrons. The molecule has 0 fully saturated rings. The highest BCUT2D eigenvalue weighted by Gasteiger charge is 2.23. The number of alkyl carbamates (subject to hydrolysis) is 1. The number of hydrogen-bond acceptors (Lipinski definition) is 7. The normalized spacial score (nSPS) is 17.4. The van der Waals surface area contributed by atoms with Gasteiger partial charge < -0.3 is 20.5 Å². The van der Waals surface area contributed by atoms with Crippen LogP contribution in [0.15, 0.2) is 12.3 Å².